The predicted octanol–water partition coefficient (Wildman–Crippen LogP) is 4.69. The first-order valence-corrected chi connectivity index (χ1v) is 9.25. The van der Waals surface area contributed by atoms with Crippen LogP contribution < -0.4 is 0 Å². The fourth-order valence-corrected chi connectivity index (χ4v) is 4.34. The van der Waals surface area contributed by atoms with Gasteiger partial charge in [-0.15, -0.1) is 0 Å². The summed E-state index contributed by atoms with van der Waals surface area (Å²) in [6, 6.07) is 18.8. The monoisotopic (exact) mass is 362 g/mol. The third kappa shape index (κ3) is 2.54. The third-order valence-corrected chi connectivity index (χ3v) is 5.61. The van der Waals surface area contributed by atoms with Crippen LogP contribution in [0, 0.1) is 0 Å². The van der Waals surface area contributed by atoms with Crippen LogP contribution in [-0.2, 0) is 13.0 Å². The van der Waals surface area contributed by atoms with Gasteiger partial charge in [-0.3, -0.25) is 10.00 Å². The number of rotatable bonds is 3. The summed E-state index contributed by atoms with van der Waals surface area (Å²) in [6.45, 7) is 1.79. The number of hydrogen-bond acceptors (Lipinski definition) is 2. The van der Waals surface area contributed by atoms with Crippen molar-refractivity contribution in [1.82, 2.24) is 20.1 Å². The van der Waals surface area contributed by atoms with Gasteiger partial charge in [0.15, 0.2) is 0 Å². The summed E-state index contributed by atoms with van der Waals surface area (Å²) in [6.07, 6.45) is 2.83. The summed E-state index contributed by atoms with van der Waals surface area (Å²) in [5, 5.41) is 9.31. The highest BCUT2D eigenvalue weighted by Gasteiger charge is 2.32. The Balaban J connectivity index is 1.67. The number of halogens is 1. The zero-order valence-corrected chi connectivity index (χ0v) is 15.0. The summed E-state index contributed by atoms with van der Waals surface area (Å²) in [7, 11) is 0. The van der Waals surface area contributed by atoms with E-state index >= 15 is 0 Å². The Morgan fingerprint density at radius 3 is 2.77 bits per heavy atom. The molecule has 0 aliphatic carbocycles. The molecule has 5 heteroatoms. The summed E-state index contributed by atoms with van der Waals surface area (Å²) in [5.74, 6) is 0. The van der Waals surface area contributed by atoms with Crippen LogP contribution in [0.2, 0.25) is 5.02 Å². The molecule has 0 amide bonds. The molecule has 4 nitrogen and oxygen atoms in total. The smallest absolute Gasteiger partial charge is 0.0775 e. The molecule has 1 aliphatic rings. The van der Waals surface area contributed by atoms with Crippen molar-refractivity contribution in [2.24, 2.45) is 0 Å². The van der Waals surface area contributed by atoms with E-state index in [1.807, 2.05) is 18.2 Å². The molecule has 0 fully saturated rings. The maximum Gasteiger partial charge on any atom is 0.0775 e. The molecule has 26 heavy (non-hydrogen) atoms. The number of benzene rings is 2. The topological polar surface area (TPSA) is 47.7 Å². The predicted molar refractivity (Wildman–Crippen MR) is 104 cm³/mol. The van der Waals surface area contributed by atoms with E-state index in [-0.39, 0.29) is 6.04 Å². The van der Waals surface area contributed by atoms with Gasteiger partial charge < -0.3 is 4.98 Å². The fourth-order valence-electron chi connectivity index (χ4n) is 4.10. The van der Waals surface area contributed by atoms with E-state index in [4.69, 9.17) is 11.6 Å². The number of fused-ring (bicyclic) bond motifs is 3. The molecular weight excluding hydrogens is 344 g/mol. The van der Waals surface area contributed by atoms with Crippen LogP contribution in [0.1, 0.15) is 28.6 Å². The quantitative estimate of drug-likeness (QED) is 0.555. The average Bonchev–Trinajstić information content (AvgIpc) is 3.30. The van der Waals surface area contributed by atoms with Crippen LogP contribution in [0.25, 0.3) is 10.9 Å². The van der Waals surface area contributed by atoms with Crippen molar-refractivity contribution >= 4 is 22.5 Å². The molecule has 0 saturated carbocycles. The van der Waals surface area contributed by atoms with E-state index < -0.39 is 0 Å². The van der Waals surface area contributed by atoms with Gasteiger partial charge in [-0.2, -0.15) is 5.10 Å². The van der Waals surface area contributed by atoms with E-state index in [0.717, 1.165) is 35.8 Å². The zero-order chi connectivity index (χ0) is 17.5. The number of para-hydroxylation sites is 1. The highest BCUT2D eigenvalue weighted by Crippen LogP contribution is 2.40. The van der Waals surface area contributed by atoms with E-state index in [0.29, 0.717) is 0 Å². The normalized spacial score (nSPS) is 17.5. The van der Waals surface area contributed by atoms with E-state index in [1.165, 1.54) is 22.2 Å². The zero-order valence-electron chi connectivity index (χ0n) is 14.2. The molecule has 2 aromatic carbocycles. The van der Waals surface area contributed by atoms with Crippen LogP contribution in [-0.4, -0.2) is 26.6 Å². The van der Waals surface area contributed by atoms with Crippen molar-refractivity contribution in [1.29, 1.82) is 0 Å². The number of nitrogens with zero attached hydrogens (tertiary/aromatic N) is 2. The standard InChI is InChI=1S/C21H19ClN4/c22-18-7-3-1-6-17(18)21-20-16(15-5-2-4-8-19(15)24-20)10-12-26(21)13-14-9-11-23-25-14/h1-9,11,21,24H,10,12-13H2,(H,23,25)/t21-/m1/s1. The lowest BCUT2D eigenvalue weighted by Crippen LogP contribution is -2.35. The van der Waals surface area contributed by atoms with Crippen LogP contribution in [0.3, 0.4) is 0 Å². The Morgan fingerprint density at radius 2 is 1.92 bits per heavy atom. The third-order valence-electron chi connectivity index (χ3n) is 5.27. The fraction of sp³-hybridized carbons (Fsp3) is 0.190. The minimum absolute atomic E-state index is 0.100. The van der Waals surface area contributed by atoms with Crippen LogP contribution in [0.5, 0.6) is 0 Å². The molecule has 130 valence electrons. The van der Waals surface area contributed by atoms with Gasteiger partial charge in [-0.05, 0) is 35.7 Å². The number of aromatic nitrogens is 3. The second-order valence-electron chi connectivity index (χ2n) is 6.79. The Labute approximate surface area is 156 Å². The van der Waals surface area contributed by atoms with E-state index in [9.17, 15) is 0 Å². The molecule has 1 atom stereocenters. The van der Waals surface area contributed by atoms with Gasteiger partial charge in [0.25, 0.3) is 0 Å². The second-order valence-corrected chi connectivity index (χ2v) is 7.20. The van der Waals surface area contributed by atoms with Crippen LogP contribution in [0.15, 0.2) is 60.8 Å². The lowest BCUT2D eigenvalue weighted by Gasteiger charge is -2.36. The molecule has 0 unspecified atom stereocenters. The van der Waals surface area contributed by atoms with Gasteiger partial charge in [-0.1, -0.05) is 48.0 Å². The van der Waals surface area contributed by atoms with Crippen molar-refractivity contribution in [3.8, 4) is 0 Å². The minimum Gasteiger partial charge on any atom is -0.357 e. The molecule has 2 N–H and O–H groups in total. The van der Waals surface area contributed by atoms with Crippen molar-refractivity contribution in [3.05, 3.63) is 88.3 Å². The molecule has 0 spiro atoms. The number of aromatic amines is 2. The number of nitrogens with one attached hydrogen (secondary N) is 2. The first kappa shape index (κ1) is 15.7. The lowest BCUT2D eigenvalue weighted by atomic mass is 9.92. The van der Waals surface area contributed by atoms with Crippen molar-refractivity contribution in [2.75, 3.05) is 6.54 Å². The number of H-pyrrole nitrogens is 2. The maximum atomic E-state index is 6.61. The van der Waals surface area contributed by atoms with Gasteiger partial charge >= 0.3 is 0 Å². The average molecular weight is 363 g/mol. The van der Waals surface area contributed by atoms with E-state index in [1.54, 1.807) is 6.20 Å². The molecule has 2 aromatic heterocycles. The Bertz CT molecular complexity index is 1050. The largest absolute Gasteiger partial charge is 0.357 e. The second kappa shape index (κ2) is 6.31. The van der Waals surface area contributed by atoms with Crippen molar-refractivity contribution < 1.29 is 0 Å². The SMILES string of the molecule is Clc1ccccc1[C@@H]1c2[nH]c3ccccc3c2CCN1Cc1ccn[nH]1. The Hall–Kier alpha value is -2.56. The van der Waals surface area contributed by atoms with Gasteiger partial charge in [0.05, 0.1) is 6.04 Å². The number of hydrogen-bond donors (Lipinski definition) is 2. The molecule has 5 rings (SSSR count). The minimum atomic E-state index is 0.100. The Kier molecular flexibility index (Phi) is 3.80. The van der Waals surface area contributed by atoms with Crippen LogP contribution >= 0.6 is 11.6 Å². The first-order valence-electron chi connectivity index (χ1n) is 8.87. The summed E-state index contributed by atoms with van der Waals surface area (Å²) in [5.41, 5.74) is 6.11. The summed E-state index contributed by atoms with van der Waals surface area (Å²) in [4.78, 5) is 6.14. The van der Waals surface area contributed by atoms with Gasteiger partial charge in [0.1, 0.15) is 0 Å². The highest BCUT2D eigenvalue weighted by atomic mass is 35.5. The molecule has 0 radical (unpaired) electrons. The molecule has 1 aliphatic heterocycles. The molecule has 4 aromatic rings. The molecule has 3 heterocycles. The highest BCUT2D eigenvalue weighted by molar-refractivity contribution is 6.31. The van der Waals surface area contributed by atoms with Crippen LogP contribution in [0.4, 0.5) is 0 Å². The van der Waals surface area contributed by atoms with Crippen molar-refractivity contribution in [2.45, 2.75) is 19.0 Å². The molecule has 0 bridgehead atoms. The maximum absolute atomic E-state index is 6.61. The van der Waals surface area contributed by atoms with Gasteiger partial charge in [-0.25, -0.2) is 0 Å². The van der Waals surface area contributed by atoms with Gasteiger partial charge in [0.2, 0.25) is 0 Å². The van der Waals surface area contributed by atoms with Gasteiger partial charge in [0, 0.05) is 46.6 Å². The molecule has 0 saturated heterocycles. The summed E-state index contributed by atoms with van der Waals surface area (Å²) < 4.78 is 0. The van der Waals surface area contributed by atoms with Crippen molar-refractivity contribution in [3.63, 3.8) is 0 Å². The summed E-state index contributed by atoms with van der Waals surface area (Å²) >= 11 is 6.61. The lowest BCUT2D eigenvalue weighted by molar-refractivity contribution is 0.199. The Morgan fingerprint density at radius 1 is 1.08 bits per heavy atom. The van der Waals surface area contributed by atoms with E-state index in [2.05, 4.69) is 56.5 Å². The first-order chi connectivity index (χ1) is 12.8. The molecular formula is C21H19ClN4.